The van der Waals surface area contributed by atoms with Crippen LogP contribution in [0, 0.1) is 0 Å². The Morgan fingerprint density at radius 1 is 1.23 bits per heavy atom. The molecule has 1 unspecified atom stereocenters. The lowest BCUT2D eigenvalue weighted by atomic mass is 10.0. The number of fused-ring (bicyclic) bond motifs is 2. The molecule has 4 aliphatic rings. The van der Waals surface area contributed by atoms with Crippen molar-refractivity contribution in [3.05, 3.63) is 57.1 Å². The number of carbonyl (C=O) groups is 4. The number of phenolic OH excluding ortho intramolecular Hbond substituents is 1. The number of nitrogen functional groups attached to an aromatic ring is 1. The lowest BCUT2D eigenvalue weighted by Crippen LogP contribution is -2.71. The van der Waals surface area contributed by atoms with E-state index in [4.69, 9.17) is 10.6 Å². The number of phenols is 1. The van der Waals surface area contributed by atoms with Crippen LogP contribution in [-0.2, 0) is 30.6 Å². The summed E-state index contributed by atoms with van der Waals surface area (Å²) in [6.07, 6.45) is 2.95. The topological polar surface area (TPSA) is 240 Å². The summed E-state index contributed by atoms with van der Waals surface area (Å²) in [5.74, 6) is -4.54. The third-order valence-electron chi connectivity index (χ3n) is 6.55. The molecule has 3 aliphatic heterocycles. The summed E-state index contributed by atoms with van der Waals surface area (Å²) in [6.45, 7) is 2.45. The van der Waals surface area contributed by atoms with Gasteiger partial charge in [-0.3, -0.25) is 24.0 Å². The van der Waals surface area contributed by atoms with E-state index in [-0.39, 0.29) is 28.8 Å². The zero-order valence-electron chi connectivity index (χ0n) is 22.4. The van der Waals surface area contributed by atoms with Crippen molar-refractivity contribution in [2.24, 2.45) is 5.16 Å². The molecule has 0 bridgehead atoms. The standard InChI is InChI=1S/C25H23N7O9S2/c1-25(2,23(39)40)41-30-16(13-9-43-24(26)28-13)19(35)29-17-20(36)32-18(22(37)38)12(8-42-21(17)32)7-31-6-11-4-15(34)14(33)3-10(11)5-27-31/h3-6,9,17,21,34H,7-8H2,1-2H3,(H2,26,28)(H,29,35)(H,37,38)(H,39,40)/b30-16-/t17?,21-/m0/s1. The third kappa shape index (κ3) is 5.61. The van der Waals surface area contributed by atoms with E-state index in [2.05, 4.69) is 20.6 Å². The molecule has 0 saturated carbocycles. The molecule has 1 aliphatic carbocycles. The van der Waals surface area contributed by atoms with Gasteiger partial charge in [-0.25, -0.2) is 14.6 Å². The van der Waals surface area contributed by atoms with Crippen molar-refractivity contribution in [2.45, 2.75) is 37.4 Å². The first-order valence-corrected chi connectivity index (χ1v) is 14.3. The molecule has 0 radical (unpaired) electrons. The largest absolute Gasteiger partial charge is 0.504 e. The number of amides is 2. The maximum atomic E-state index is 13.2. The molecule has 18 heteroatoms. The van der Waals surface area contributed by atoms with E-state index in [9.17, 15) is 39.3 Å². The number of carbonyl (C=O) groups excluding carboxylic acids is 2. The molecule has 0 spiro atoms. The molecular formula is C25H23N7O9S2. The maximum absolute atomic E-state index is 13.2. The second kappa shape index (κ2) is 11.0. The first-order valence-electron chi connectivity index (χ1n) is 12.4. The lowest BCUT2D eigenvalue weighted by molar-refractivity contribution is -0.161. The van der Waals surface area contributed by atoms with Gasteiger partial charge in [-0.1, -0.05) is 5.16 Å². The van der Waals surface area contributed by atoms with Gasteiger partial charge in [-0.2, -0.15) is 5.10 Å². The number of carboxylic acid groups (broad SMARTS) is 2. The lowest BCUT2D eigenvalue weighted by Gasteiger charge is -2.49. The number of hydrogen-bond acceptors (Lipinski definition) is 13. The molecule has 1 aromatic heterocycles. The number of anilines is 1. The van der Waals surface area contributed by atoms with Crippen molar-refractivity contribution >= 4 is 57.7 Å². The highest BCUT2D eigenvalue weighted by molar-refractivity contribution is 8.00. The van der Waals surface area contributed by atoms with Gasteiger partial charge in [0.25, 0.3) is 11.8 Å². The minimum Gasteiger partial charge on any atom is -0.504 e. The Morgan fingerprint density at radius 3 is 2.63 bits per heavy atom. The summed E-state index contributed by atoms with van der Waals surface area (Å²) in [5.41, 5.74) is 4.02. The van der Waals surface area contributed by atoms with Crippen LogP contribution in [0.1, 0.15) is 19.5 Å². The Balaban J connectivity index is 1.37. The Bertz CT molecular complexity index is 1760. The fraction of sp³-hybridized carbons (Fsp3) is 0.280. The molecule has 1 aromatic rings. The quantitative estimate of drug-likeness (QED) is 0.120. The number of rotatable bonds is 9. The Hall–Kier alpha value is -4.97. The summed E-state index contributed by atoms with van der Waals surface area (Å²) in [4.78, 5) is 72.0. The molecule has 2 amide bonds. The number of nitrogens with zero attached hydrogens (tertiary/aromatic N) is 5. The van der Waals surface area contributed by atoms with Crippen LogP contribution in [0.5, 0.6) is 5.75 Å². The number of aromatic nitrogens is 3. The Labute approximate surface area is 249 Å². The van der Waals surface area contributed by atoms with Crippen LogP contribution >= 0.6 is 23.1 Å². The molecule has 16 nitrogen and oxygen atoms in total. The molecule has 4 heterocycles. The number of hydrogen-bond donors (Lipinski definition) is 5. The molecule has 1 saturated heterocycles. The highest BCUT2D eigenvalue weighted by atomic mass is 32.2. The second-order valence-corrected chi connectivity index (χ2v) is 12.0. The molecule has 43 heavy (non-hydrogen) atoms. The van der Waals surface area contributed by atoms with Crippen molar-refractivity contribution < 1.29 is 39.3 Å². The van der Waals surface area contributed by atoms with Gasteiger partial charge in [0, 0.05) is 28.5 Å². The summed E-state index contributed by atoms with van der Waals surface area (Å²) in [7, 11) is 0. The minimum absolute atomic E-state index is 0.00323. The highest BCUT2D eigenvalue weighted by Gasteiger charge is 2.54. The number of thioether (sulfide) groups is 1. The monoisotopic (exact) mass is 629 g/mol. The molecule has 2 atom stereocenters. The summed E-state index contributed by atoms with van der Waals surface area (Å²) >= 11 is 2.22. The van der Waals surface area contributed by atoms with E-state index in [1.807, 2.05) is 0 Å². The summed E-state index contributed by atoms with van der Waals surface area (Å²) in [6, 6.07) is 1.39. The van der Waals surface area contributed by atoms with Crippen LogP contribution in [0.4, 0.5) is 5.13 Å². The molecule has 5 rings (SSSR count). The number of nitrogens with two attached hydrogens (primary N) is 1. The van der Waals surface area contributed by atoms with E-state index in [0.29, 0.717) is 16.7 Å². The molecular weight excluding hydrogens is 606 g/mol. The summed E-state index contributed by atoms with van der Waals surface area (Å²) in [5, 5.41) is 40.3. The van der Waals surface area contributed by atoms with E-state index in [1.165, 1.54) is 54.0 Å². The van der Waals surface area contributed by atoms with Crippen molar-refractivity contribution in [1.29, 1.82) is 0 Å². The first-order chi connectivity index (χ1) is 20.3. The van der Waals surface area contributed by atoms with Gasteiger partial charge < -0.3 is 31.2 Å². The fourth-order valence-electron chi connectivity index (χ4n) is 4.25. The Kier molecular flexibility index (Phi) is 7.57. The number of benzene rings is 1. The van der Waals surface area contributed by atoms with Crippen LogP contribution in [0.25, 0.3) is 11.1 Å². The predicted octanol–water partition coefficient (Wildman–Crippen LogP) is 0.115. The SMILES string of the molecule is CC(C)(O/N=C(\C(=O)NC1C(=O)N2C(C(=O)O)=C(Cn3cc4cc(O)c(=O)cc-4cn3)CS[C@@H]12)c1csc(N)n1)C(=O)O. The number of aliphatic carboxylic acids is 2. The van der Waals surface area contributed by atoms with Crippen LogP contribution in [-0.4, -0.2) is 87.2 Å². The van der Waals surface area contributed by atoms with Crippen molar-refractivity contribution in [3.63, 3.8) is 0 Å². The van der Waals surface area contributed by atoms with Gasteiger partial charge in [0.1, 0.15) is 22.8 Å². The molecule has 6 N–H and O–H groups in total. The van der Waals surface area contributed by atoms with E-state index < -0.39 is 57.7 Å². The van der Waals surface area contributed by atoms with Gasteiger partial charge in [0.05, 0.1) is 12.7 Å². The number of thiazole rings is 1. The number of aromatic hydroxyl groups is 1. The Morgan fingerprint density at radius 2 is 1.98 bits per heavy atom. The number of oxime groups is 1. The van der Waals surface area contributed by atoms with Crippen LogP contribution in [0.2, 0.25) is 0 Å². The summed E-state index contributed by atoms with van der Waals surface area (Å²) < 4.78 is 1.43. The van der Waals surface area contributed by atoms with E-state index in [1.54, 1.807) is 6.20 Å². The van der Waals surface area contributed by atoms with Gasteiger partial charge in [0.2, 0.25) is 11.0 Å². The average molecular weight is 630 g/mol. The number of β-lactam (4-membered cyclic amide) rings is 1. The smallest absolute Gasteiger partial charge is 0.352 e. The van der Waals surface area contributed by atoms with Gasteiger partial charge >= 0.3 is 11.9 Å². The molecule has 224 valence electrons. The van der Waals surface area contributed by atoms with Crippen molar-refractivity contribution in [3.8, 4) is 16.9 Å². The first kappa shape index (κ1) is 29.5. The average Bonchev–Trinajstić information content (AvgIpc) is 3.37. The molecule has 0 aromatic carbocycles. The normalized spacial score (nSPS) is 18.7. The predicted molar refractivity (Wildman–Crippen MR) is 152 cm³/mol. The zero-order valence-corrected chi connectivity index (χ0v) is 24.0. The third-order valence-corrected chi connectivity index (χ3v) is 8.56. The van der Waals surface area contributed by atoms with E-state index in [0.717, 1.165) is 16.2 Å². The van der Waals surface area contributed by atoms with Gasteiger partial charge in [-0.15, -0.1) is 23.1 Å². The van der Waals surface area contributed by atoms with Crippen LogP contribution < -0.4 is 16.5 Å². The molecule has 1 fully saturated rings. The fourth-order valence-corrected chi connectivity index (χ4v) is 6.13. The number of nitrogens with one attached hydrogen (secondary N) is 1. The van der Waals surface area contributed by atoms with Crippen molar-refractivity contribution in [2.75, 3.05) is 11.5 Å². The van der Waals surface area contributed by atoms with Gasteiger partial charge in [0.15, 0.2) is 16.6 Å². The zero-order chi connectivity index (χ0) is 31.2. The maximum Gasteiger partial charge on any atom is 0.352 e. The van der Waals surface area contributed by atoms with Gasteiger partial charge in [-0.05, 0) is 31.6 Å². The second-order valence-electron chi connectivity index (χ2n) is 9.96. The highest BCUT2D eigenvalue weighted by Crippen LogP contribution is 2.41. The number of carboxylic acids is 2. The van der Waals surface area contributed by atoms with E-state index >= 15 is 0 Å². The van der Waals surface area contributed by atoms with Crippen LogP contribution in [0.3, 0.4) is 0 Å². The minimum atomic E-state index is -1.79. The van der Waals surface area contributed by atoms with Crippen molar-refractivity contribution in [1.82, 2.24) is 25.0 Å². The van der Waals surface area contributed by atoms with Crippen LogP contribution in [0.15, 0.2) is 51.1 Å².